The first-order chi connectivity index (χ1) is 12.2. The van der Waals surface area contributed by atoms with Gasteiger partial charge in [0.15, 0.2) is 0 Å². The summed E-state index contributed by atoms with van der Waals surface area (Å²) in [7, 11) is 0. The molecule has 0 N–H and O–H groups in total. The molecule has 2 unspecified atom stereocenters. The largest absolute Gasteiger partial charge is 0.304 e. The molecule has 1 saturated heterocycles. The third-order valence-corrected chi connectivity index (χ3v) is 5.05. The molecule has 1 aliphatic heterocycles. The molecule has 0 bridgehead atoms. The van der Waals surface area contributed by atoms with Gasteiger partial charge in [-0.1, -0.05) is 72.3 Å². The average Bonchev–Trinajstić information content (AvgIpc) is 3.01. The Balaban J connectivity index is 1.83. The van der Waals surface area contributed by atoms with Crippen LogP contribution < -0.4 is 4.90 Å². The van der Waals surface area contributed by atoms with E-state index in [9.17, 15) is 4.79 Å². The van der Waals surface area contributed by atoms with Crippen LogP contribution in [0.25, 0.3) is 0 Å². The zero-order chi connectivity index (χ0) is 17.2. The van der Waals surface area contributed by atoms with Crippen molar-refractivity contribution in [2.75, 3.05) is 4.90 Å². The molecule has 3 aromatic rings. The SMILES string of the molecule is O=C1CC(c2ccccc2)C(c2ccc(Cl)cc2)N1c1ccccc1. The van der Waals surface area contributed by atoms with Crippen LogP contribution in [0.2, 0.25) is 5.02 Å². The van der Waals surface area contributed by atoms with E-state index in [4.69, 9.17) is 11.6 Å². The highest BCUT2D eigenvalue weighted by molar-refractivity contribution is 6.30. The summed E-state index contributed by atoms with van der Waals surface area (Å²) in [6, 6.07) is 28.0. The summed E-state index contributed by atoms with van der Waals surface area (Å²) in [4.78, 5) is 14.8. The van der Waals surface area contributed by atoms with Gasteiger partial charge in [0, 0.05) is 23.0 Å². The van der Waals surface area contributed by atoms with Crippen LogP contribution in [0.3, 0.4) is 0 Å². The van der Waals surface area contributed by atoms with Crippen LogP contribution in [0.4, 0.5) is 5.69 Å². The second-order valence-electron chi connectivity index (χ2n) is 6.32. The van der Waals surface area contributed by atoms with E-state index in [0.717, 1.165) is 11.3 Å². The van der Waals surface area contributed by atoms with Gasteiger partial charge < -0.3 is 4.90 Å². The molecule has 3 heteroatoms. The summed E-state index contributed by atoms with van der Waals surface area (Å²) in [5, 5.41) is 0.704. The number of carbonyl (C=O) groups is 1. The highest BCUT2D eigenvalue weighted by Gasteiger charge is 2.42. The number of hydrogen-bond donors (Lipinski definition) is 0. The Morgan fingerprint density at radius 2 is 1.36 bits per heavy atom. The molecule has 25 heavy (non-hydrogen) atoms. The quantitative estimate of drug-likeness (QED) is 0.603. The van der Waals surface area contributed by atoms with Crippen LogP contribution in [-0.4, -0.2) is 5.91 Å². The molecule has 4 rings (SSSR count). The Morgan fingerprint density at radius 3 is 2.00 bits per heavy atom. The molecule has 3 aromatic carbocycles. The van der Waals surface area contributed by atoms with Crippen LogP contribution in [0, 0.1) is 0 Å². The maximum Gasteiger partial charge on any atom is 0.228 e. The number of para-hydroxylation sites is 1. The van der Waals surface area contributed by atoms with Gasteiger partial charge in [-0.05, 0) is 35.4 Å². The third kappa shape index (κ3) is 3.06. The van der Waals surface area contributed by atoms with Gasteiger partial charge in [0.25, 0.3) is 0 Å². The molecule has 0 spiro atoms. The minimum atomic E-state index is -0.0328. The Labute approximate surface area is 152 Å². The Hall–Kier alpha value is -2.58. The van der Waals surface area contributed by atoms with Gasteiger partial charge in [0.1, 0.15) is 0 Å². The monoisotopic (exact) mass is 347 g/mol. The molecule has 2 nitrogen and oxygen atoms in total. The van der Waals surface area contributed by atoms with Crippen LogP contribution in [0.1, 0.15) is 29.5 Å². The lowest BCUT2D eigenvalue weighted by atomic mass is 9.87. The van der Waals surface area contributed by atoms with Crippen molar-refractivity contribution in [3.8, 4) is 0 Å². The summed E-state index contributed by atoms with van der Waals surface area (Å²) in [6.07, 6.45) is 0.506. The standard InChI is InChI=1S/C22H18ClNO/c23-18-13-11-17(12-14-18)22-20(16-7-3-1-4-8-16)15-21(25)24(22)19-9-5-2-6-10-19/h1-14,20,22H,15H2. The molecule has 2 atom stereocenters. The van der Waals surface area contributed by atoms with Crippen molar-refractivity contribution in [2.24, 2.45) is 0 Å². The predicted molar refractivity (Wildman–Crippen MR) is 102 cm³/mol. The van der Waals surface area contributed by atoms with Crippen LogP contribution in [0.5, 0.6) is 0 Å². The molecule has 0 aliphatic carbocycles. The maximum atomic E-state index is 12.9. The van der Waals surface area contributed by atoms with Crippen molar-refractivity contribution in [1.82, 2.24) is 0 Å². The van der Waals surface area contributed by atoms with Crippen LogP contribution in [-0.2, 0) is 4.79 Å². The Bertz CT molecular complexity index is 862. The first kappa shape index (κ1) is 15.9. The minimum Gasteiger partial charge on any atom is -0.304 e. The van der Waals surface area contributed by atoms with E-state index >= 15 is 0 Å². The fourth-order valence-electron chi connectivity index (χ4n) is 3.67. The van der Waals surface area contributed by atoms with E-state index < -0.39 is 0 Å². The second-order valence-corrected chi connectivity index (χ2v) is 6.75. The number of hydrogen-bond acceptors (Lipinski definition) is 1. The molecule has 0 aromatic heterocycles. The zero-order valence-electron chi connectivity index (χ0n) is 13.7. The molecule has 1 heterocycles. The van der Waals surface area contributed by atoms with Crippen LogP contribution in [0.15, 0.2) is 84.9 Å². The lowest BCUT2D eigenvalue weighted by Gasteiger charge is -2.29. The zero-order valence-corrected chi connectivity index (χ0v) is 14.4. The molecule has 0 saturated carbocycles. The van der Waals surface area contributed by atoms with Crippen molar-refractivity contribution in [3.05, 3.63) is 101 Å². The van der Waals surface area contributed by atoms with Crippen molar-refractivity contribution in [1.29, 1.82) is 0 Å². The minimum absolute atomic E-state index is 0.0328. The number of carbonyl (C=O) groups excluding carboxylic acids is 1. The number of rotatable bonds is 3. The summed E-state index contributed by atoms with van der Waals surface area (Å²) in [5.74, 6) is 0.273. The fourth-order valence-corrected chi connectivity index (χ4v) is 3.79. The smallest absolute Gasteiger partial charge is 0.228 e. The van der Waals surface area contributed by atoms with Gasteiger partial charge >= 0.3 is 0 Å². The molecular formula is C22H18ClNO. The van der Waals surface area contributed by atoms with Crippen molar-refractivity contribution < 1.29 is 4.79 Å². The molecular weight excluding hydrogens is 330 g/mol. The van der Waals surface area contributed by atoms with E-state index in [1.165, 1.54) is 5.56 Å². The third-order valence-electron chi connectivity index (χ3n) is 4.80. The first-order valence-corrected chi connectivity index (χ1v) is 8.79. The van der Waals surface area contributed by atoms with Crippen molar-refractivity contribution >= 4 is 23.2 Å². The second kappa shape index (κ2) is 6.73. The van der Waals surface area contributed by atoms with Gasteiger partial charge in [0.2, 0.25) is 5.91 Å². The molecule has 124 valence electrons. The normalized spacial score (nSPS) is 20.0. The number of anilines is 1. The number of benzene rings is 3. The average molecular weight is 348 g/mol. The predicted octanol–water partition coefficient (Wildman–Crippen LogP) is 5.60. The number of amides is 1. The fraction of sp³-hybridized carbons (Fsp3) is 0.136. The van der Waals surface area contributed by atoms with E-state index in [1.807, 2.05) is 77.7 Å². The summed E-state index contributed by atoms with van der Waals surface area (Å²) in [5.41, 5.74) is 3.23. The van der Waals surface area contributed by atoms with E-state index in [-0.39, 0.29) is 17.9 Å². The van der Waals surface area contributed by atoms with E-state index in [0.29, 0.717) is 11.4 Å². The van der Waals surface area contributed by atoms with Gasteiger partial charge in [-0.15, -0.1) is 0 Å². The van der Waals surface area contributed by atoms with Crippen molar-refractivity contribution in [3.63, 3.8) is 0 Å². The molecule has 1 aliphatic rings. The topological polar surface area (TPSA) is 20.3 Å². The number of halogens is 1. The van der Waals surface area contributed by atoms with Gasteiger partial charge in [-0.3, -0.25) is 4.79 Å². The lowest BCUT2D eigenvalue weighted by Crippen LogP contribution is -2.28. The van der Waals surface area contributed by atoms with Gasteiger partial charge in [-0.25, -0.2) is 0 Å². The Kier molecular flexibility index (Phi) is 4.29. The maximum absolute atomic E-state index is 12.9. The highest BCUT2D eigenvalue weighted by Crippen LogP contribution is 2.46. The molecule has 1 fully saturated rings. The molecule has 0 radical (unpaired) electrons. The van der Waals surface area contributed by atoms with Gasteiger partial charge in [0.05, 0.1) is 6.04 Å². The van der Waals surface area contributed by atoms with Crippen molar-refractivity contribution in [2.45, 2.75) is 18.4 Å². The number of nitrogens with zero attached hydrogens (tertiary/aromatic N) is 1. The summed E-state index contributed by atoms with van der Waals surface area (Å²) >= 11 is 6.07. The summed E-state index contributed by atoms with van der Waals surface area (Å²) in [6.45, 7) is 0. The van der Waals surface area contributed by atoms with Gasteiger partial charge in [-0.2, -0.15) is 0 Å². The van der Waals surface area contributed by atoms with Crippen LogP contribution >= 0.6 is 11.6 Å². The molecule has 1 amide bonds. The van der Waals surface area contributed by atoms with E-state index in [1.54, 1.807) is 0 Å². The Morgan fingerprint density at radius 1 is 0.760 bits per heavy atom. The highest BCUT2D eigenvalue weighted by atomic mass is 35.5. The lowest BCUT2D eigenvalue weighted by molar-refractivity contribution is -0.117. The van der Waals surface area contributed by atoms with E-state index in [2.05, 4.69) is 12.1 Å². The summed E-state index contributed by atoms with van der Waals surface area (Å²) < 4.78 is 0. The first-order valence-electron chi connectivity index (χ1n) is 8.41.